The summed E-state index contributed by atoms with van der Waals surface area (Å²) in [6.07, 6.45) is 6.06. The van der Waals surface area contributed by atoms with Crippen molar-refractivity contribution in [2.45, 2.75) is 25.3 Å². The minimum absolute atomic E-state index is 0.101. The maximum absolute atomic E-state index is 13.4. The third-order valence-electron chi connectivity index (χ3n) is 5.12. The minimum Gasteiger partial charge on any atom is -0.495 e. The Morgan fingerprint density at radius 3 is 2.65 bits per heavy atom. The van der Waals surface area contributed by atoms with Crippen LogP contribution in [0.15, 0.2) is 43.1 Å². The van der Waals surface area contributed by atoms with Gasteiger partial charge in [0.05, 0.1) is 31.4 Å². The van der Waals surface area contributed by atoms with Crippen molar-refractivity contribution in [2.24, 2.45) is 0 Å². The second-order valence-electron chi connectivity index (χ2n) is 7.33. The lowest BCUT2D eigenvalue weighted by atomic mass is 10.1. The minimum atomic E-state index is -2.55. The van der Waals surface area contributed by atoms with Crippen LogP contribution in [0.25, 0.3) is 5.69 Å². The molecule has 0 radical (unpaired) electrons. The molecule has 1 aromatic carbocycles. The van der Waals surface area contributed by atoms with Crippen LogP contribution in [0.3, 0.4) is 0 Å². The Morgan fingerprint density at radius 1 is 1.16 bits per heavy atom. The number of aromatic nitrogens is 4. The van der Waals surface area contributed by atoms with E-state index in [4.69, 9.17) is 10.00 Å². The van der Waals surface area contributed by atoms with Crippen molar-refractivity contribution in [2.75, 3.05) is 25.5 Å². The summed E-state index contributed by atoms with van der Waals surface area (Å²) in [5.41, 5.74) is 2.03. The quantitative estimate of drug-likeness (QED) is 0.646. The number of piperidine rings is 1. The van der Waals surface area contributed by atoms with Crippen LogP contribution in [0.1, 0.15) is 24.1 Å². The summed E-state index contributed by atoms with van der Waals surface area (Å²) < 4.78 is 34.1. The second-order valence-corrected chi connectivity index (χ2v) is 7.33. The molecular formula is C21H21F2N7O. The van der Waals surface area contributed by atoms with Crippen molar-refractivity contribution in [1.82, 2.24) is 24.4 Å². The average Bonchev–Trinajstić information content (AvgIpc) is 3.24. The molecule has 0 aliphatic carbocycles. The summed E-state index contributed by atoms with van der Waals surface area (Å²) in [6, 6.07) is 7.72. The van der Waals surface area contributed by atoms with E-state index >= 15 is 0 Å². The molecule has 1 saturated heterocycles. The molecule has 3 heterocycles. The van der Waals surface area contributed by atoms with Crippen molar-refractivity contribution in [1.29, 1.82) is 5.26 Å². The van der Waals surface area contributed by atoms with E-state index in [0.29, 0.717) is 37.0 Å². The fraction of sp³-hybridized carbons (Fsp3) is 0.333. The first-order chi connectivity index (χ1) is 15.0. The third kappa shape index (κ3) is 4.95. The van der Waals surface area contributed by atoms with Crippen LogP contribution in [-0.4, -0.2) is 50.5 Å². The summed E-state index contributed by atoms with van der Waals surface area (Å²) in [6.45, 7) is 1.36. The van der Waals surface area contributed by atoms with Gasteiger partial charge in [-0.15, -0.1) is 0 Å². The highest BCUT2D eigenvalue weighted by Crippen LogP contribution is 2.30. The molecule has 1 fully saturated rings. The Labute approximate surface area is 178 Å². The van der Waals surface area contributed by atoms with Gasteiger partial charge < -0.3 is 14.6 Å². The second kappa shape index (κ2) is 8.65. The first-order valence-corrected chi connectivity index (χ1v) is 9.76. The van der Waals surface area contributed by atoms with Gasteiger partial charge in [0, 0.05) is 32.5 Å². The molecule has 3 aromatic rings. The lowest BCUT2D eigenvalue weighted by molar-refractivity contribution is -0.0566. The number of nitrogens with zero attached hydrogens (tertiary/aromatic N) is 6. The van der Waals surface area contributed by atoms with Gasteiger partial charge in [0.1, 0.15) is 29.8 Å². The smallest absolute Gasteiger partial charge is 0.250 e. The van der Waals surface area contributed by atoms with E-state index in [1.165, 1.54) is 12.4 Å². The molecule has 2 aromatic heterocycles. The largest absolute Gasteiger partial charge is 0.495 e. The van der Waals surface area contributed by atoms with E-state index < -0.39 is 5.92 Å². The molecule has 1 aliphatic heterocycles. The van der Waals surface area contributed by atoms with Crippen molar-refractivity contribution in [3.63, 3.8) is 0 Å². The third-order valence-corrected chi connectivity index (χ3v) is 5.12. The van der Waals surface area contributed by atoms with Gasteiger partial charge in [0.15, 0.2) is 5.69 Å². The number of hydrogen-bond acceptors (Lipinski definition) is 7. The fourth-order valence-corrected chi connectivity index (χ4v) is 3.43. The van der Waals surface area contributed by atoms with E-state index in [1.54, 1.807) is 19.6 Å². The standard InChI is InChI=1S/C21H21F2N7O/c1-31-18-8-15(12-29-6-4-21(22,23)5-7-29)2-3-17(18)30-13-20(27-14-30)28-19-11-25-16(9-24)10-26-19/h2-3,8,10-11,13-14H,4-7,12H2,1H3,(H,26,28). The van der Waals surface area contributed by atoms with Gasteiger partial charge in [0.25, 0.3) is 5.92 Å². The molecule has 0 atom stereocenters. The molecule has 10 heteroatoms. The number of halogens is 2. The topological polar surface area (TPSA) is 91.9 Å². The fourth-order valence-electron chi connectivity index (χ4n) is 3.43. The molecule has 8 nitrogen and oxygen atoms in total. The molecule has 4 rings (SSSR count). The molecule has 0 unspecified atom stereocenters. The number of anilines is 2. The predicted molar refractivity (Wildman–Crippen MR) is 110 cm³/mol. The lowest BCUT2D eigenvalue weighted by Crippen LogP contribution is -2.38. The van der Waals surface area contributed by atoms with Crippen LogP contribution in [0.5, 0.6) is 5.75 Å². The maximum Gasteiger partial charge on any atom is 0.250 e. The van der Waals surface area contributed by atoms with Crippen LogP contribution in [0.2, 0.25) is 0 Å². The summed E-state index contributed by atoms with van der Waals surface area (Å²) in [4.78, 5) is 14.4. The lowest BCUT2D eigenvalue weighted by Gasteiger charge is -2.31. The summed E-state index contributed by atoms with van der Waals surface area (Å²) in [5, 5.41) is 11.8. The van der Waals surface area contributed by atoms with Gasteiger partial charge in [-0.25, -0.2) is 23.7 Å². The maximum atomic E-state index is 13.4. The van der Waals surface area contributed by atoms with Crippen molar-refractivity contribution >= 4 is 11.6 Å². The van der Waals surface area contributed by atoms with Crippen LogP contribution in [0, 0.1) is 11.3 Å². The van der Waals surface area contributed by atoms with E-state index in [0.717, 1.165) is 11.3 Å². The summed E-state index contributed by atoms with van der Waals surface area (Å²) in [5.74, 6) is -0.867. The van der Waals surface area contributed by atoms with Crippen LogP contribution >= 0.6 is 0 Å². The Hall–Kier alpha value is -3.58. The number of imidazole rings is 1. The molecule has 1 N–H and O–H groups in total. The Morgan fingerprint density at radius 2 is 1.97 bits per heavy atom. The van der Waals surface area contributed by atoms with Gasteiger partial charge in [-0.2, -0.15) is 5.26 Å². The number of likely N-dealkylation sites (tertiary alicyclic amines) is 1. The SMILES string of the molecule is COc1cc(CN2CCC(F)(F)CC2)ccc1-n1cnc(Nc2cnc(C#N)cn2)c1. The first-order valence-electron chi connectivity index (χ1n) is 9.76. The highest BCUT2D eigenvalue weighted by Gasteiger charge is 2.33. The number of rotatable bonds is 6. The molecule has 0 amide bonds. The van der Waals surface area contributed by atoms with E-state index in [2.05, 4.69) is 20.3 Å². The van der Waals surface area contributed by atoms with Crippen molar-refractivity contribution in [3.05, 3.63) is 54.4 Å². The van der Waals surface area contributed by atoms with Gasteiger partial charge in [0.2, 0.25) is 0 Å². The van der Waals surface area contributed by atoms with Crippen molar-refractivity contribution in [3.8, 4) is 17.5 Å². The molecule has 160 valence electrons. The molecular weight excluding hydrogens is 404 g/mol. The number of nitrogens with one attached hydrogen (secondary N) is 1. The summed E-state index contributed by atoms with van der Waals surface area (Å²) in [7, 11) is 1.59. The molecule has 0 saturated carbocycles. The highest BCUT2D eigenvalue weighted by molar-refractivity contribution is 5.54. The summed E-state index contributed by atoms with van der Waals surface area (Å²) >= 11 is 0. The van der Waals surface area contributed by atoms with Gasteiger partial charge in [-0.3, -0.25) is 4.90 Å². The normalized spacial score (nSPS) is 15.9. The molecule has 31 heavy (non-hydrogen) atoms. The Kier molecular flexibility index (Phi) is 5.77. The van der Waals surface area contributed by atoms with E-state index in [9.17, 15) is 8.78 Å². The Bertz CT molecular complexity index is 1080. The molecule has 0 bridgehead atoms. The van der Waals surface area contributed by atoms with Crippen molar-refractivity contribution < 1.29 is 13.5 Å². The number of alkyl halides is 2. The zero-order valence-electron chi connectivity index (χ0n) is 16.9. The first kappa shape index (κ1) is 20.7. The zero-order chi connectivity index (χ0) is 21.8. The number of hydrogen-bond donors (Lipinski definition) is 1. The molecule has 1 aliphatic rings. The van der Waals surface area contributed by atoms with Crippen LogP contribution in [0.4, 0.5) is 20.4 Å². The monoisotopic (exact) mass is 425 g/mol. The number of methoxy groups -OCH3 is 1. The van der Waals surface area contributed by atoms with E-state index in [1.807, 2.05) is 33.7 Å². The predicted octanol–water partition coefficient (Wildman–Crippen LogP) is 3.52. The Balaban J connectivity index is 1.46. The zero-order valence-corrected chi connectivity index (χ0v) is 16.9. The van der Waals surface area contributed by atoms with Crippen LogP contribution < -0.4 is 10.1 Å². The van der Waals surface area contributed by atoms with Crippen LogP contribution in [-0.2, 0) is 6.54 Å². The van der Waals surface area contributed by atoms with Gasteiger partial charge >= 0.3 is 0 Å². The van der Waals surface area contributed by atoms with Gasteiger partial charge in [-0.1, -0.05) is 6.07 Å². The van der Waals surface area contributed by atoms with Gasteiger partial charge in [-0.05, 0) is 17.7 Å². The van der Waals surface area contributed by atoms with E-state index in [-0.39, 0.29) is 18.5 Å². The average molecular weight is 425 g/mol. The number of ether oxygens (including phenoxy) is 1. The molecule has 0 spiro atoms. The highest BCUT2D eigenvalue weighted by atomic mass is 19.3. The number of benzene rings is 1. The number of nitriles is 1.